The third-order valence-electron chi connectivity index (χ3n) is 3.34. The molecule has 0 bridgehead atoms. The molecule has 0 saturated heterocycles. The summed E-state index contributed by atoms with van der Waals surface area (Å²) >= 11 is 0. The van der Waals surface area contributed by atoms with E-state index in [2.05, 4.69) is 5.32 Å². The maximum atomic E-state index is 11.9. The fourth-order valence-corrected chi connectivity index (χ4v) is 2.08. The average Bonchev–Trinajstić information content (AvgIpc) is 3.06. The molecule has 2 N–H and O–H groups in total. The van der Waals surface area contributed by atoms with E-state index in [1.807, 2.05) is 37.3 Å². The molecule has 96 valence electrons. The maximum absolute atomic E-state index is 11.9. The third kappa shape index (κ3) is 3.09. The van der Waals surface area contributed by atoms with E-state index in [0.29, 0.717) is 5.92 Å². The maximum Gasteiger partial charge on any atom is 0.305 e. The minimum Gasteiger partial charge on any atom is -0.481 e. The number of carbonyl (C=O) groups is 2. The number of carboxylic acids is 1. The highest BCUT2D eigenvalue weighted by Gasteiger charge is 2.39. The molecule has 1 aromatic carbocycles. The molecule has 0 radical (unpaired) electrons. The second-order valence-corrected chi connectivity index (χ2v) is 4.89. The molecule has 2 rings (SSSR count). The average molecular weight is 247 g/mol. The Balaban J connectivity index is 2.05. The molecule has 18 heavy (non-hydrogen) atoms. The van der Waals surface area contributed by atoms with Gasteiger partial charge >= 0.3 is 5.97 Å². The number of nitrogens with one attached hydrogen (secondary N) is 1. The van der Waals surface area contributed by atoms with Crippen molar-refractivity contribution >= 4 is 11.9 Å². The first-order valence-electron chi connectivity index (χ1n) is 6.15. The summed E-state index contributed by atoms with van der Waals surface area (Å²) in [5.41, 5.74) is 0.835. The first-order valence-corrected chi connectivity index (χ1v) is 6.15. The zero-order chi connectivity index (χ0) is 13.1. The third-order valence-corrected chi connectivity index (χ3v) is 3.34. The van der Waals surface area contributed by atoms with Gasteiger partial charge in [-0.3, -0.25) is 9.59 Å². The van der Waals surface area contributed by atoms with E-state index in [9.17, 15) is 9.59 Å². The van der Waals surface area contributed by atoms with Crippen LogP contribution in [0, 0.1) is 11.8 Å². The SMILES string of the molecule is C[C@@H]1C[C@@H]1C(=O)N[C@H](CC(=O)O)c1ccccc1. The molecule has 4 heteroatoms. The summed E-state index contributed by atoms with van der Waals surface area (Å²) in [7, 11) is 0. The fourth-order valence-electron chi connectivity index (χ4n) is 2.08. The molecular weight excluding hydrogens is 230 g/mol. The highest BCUT2D eigenvalue weighted by Crippen LogP contribution is 2.38. The number of carbonyl (C=O) groups excluding carboxylic acids is 1. The topological polar surface area (TPSA) is 66.4 Å². The Hall–Kier alpha value is -1.84. The molecule has 3 atom stereocenters. The highest BCUT2D eigenvalue weighted by molar-refractivity contribution is 5.82. The van der Waals surface area contributed by atoms with Crippen molar-refractivity contribution < 1.29 is 14.7 Å². The van der Waals surface area contributed by atoms with Gasteiger partial charge in [0, 0.05) is 5.92 Å². The van der Waals surface area contributed by atoms with Crippen molar-refractivity contribution in [3.05, 3.63) is 35.9 Å². The van der Waals surface area contributed by atoms with E-state index in [1.165, 1.54) is 0 Å². The predicted octanol–water partition coefficient (Wildman–Crippen LogP) is 1.97. The molecule has 1 saturated carbocycles. The lowest BCUT2D eigenvalue weighted by molar-refractivity contribution is -0.137. The van der Waals surface area contributed by atoms with Gasteiger partial charge in [0.05, 0.1) is 12.5 Å². The standard InChI is InChI=1S/C14H17NO3/c1-9-7-11(9)14(18)15-12(8-13(16)17)10-5-3-2-4-6-10/h2-6,9,11-12H,7-8H2,1H3,(H,15,18)(H,16,17)/t9-,11+,12-/m1/s1. The highest BCUT2D eigenvalue weighted by atomic mass is 16.4. The number of benzene rings is 1. The molecule has 1 aliphatic rings. The minimum atomic E-state index is -0.909. The van der Waals surface area contributed by atoms with Gasteiger partial charge in [0.25, 0.3) is 0 Å². The zero-order valence-electron chi connectivity index (χ0n) is 10.3. The van der Waals surface area contributed by atoms with Gasteiger partial charge in [0.2, 0.25) is 5.91 Å². The Kier molecular flexibility index (Phi) is 3.65. The Morgan fingerprint density at radius 3 is 2.50 bits per heavy atom. The van der Waals surface area contributed by atoms with Crippen molar-refractivity contribution in [2.45, 2.75) is 25.8 Å². The molecule has 4 nitrogen and oxygen atoms in total. The van der Waals surface area contributed by atoms with Gasteiger partial charge in [-0.1, -0.05) is 37.3 Å². The molecule has 0 unspecified atom stereocenters. The van der Waals surface area contributed by atoms with Crippen LogP contribution in [0.2, 0.25) is 0 Å². The molecule has 0 aliphatic heterocycles. The summed E-state index contributed by atoms with van der Waals surface area (Å²) < 4.78 is 0. The summed E-state index contributed by atoms with van der Waals surface area (Å²) in [4.78, 5) is 22.7. The molecule has 1 amide bonds. The molecule has 0 spiro atoms. The Morgan fingerprint density at radius 1 is 1.39 bits per heavy atom. The van der Waals surface area contributed by atoms with E-state index >= 15 is 0 Å². The number of hydrogen-bond acceptors (Lipinski definition) is 2. The van der Waals surface area contributed by atoms with Gasteiger partial charge in [-0.05, 0) is 17.9 Å². The number of rotatable bonds is 5. The molecule has 0 heterocycles. The first kappa shape index (κ1) is 12.6. The van der Waals surface area contributed by atoms with E-state index in [4.69, 9.17) is 5.11 Å². The van der Waals surface area contributed by atoms with Crippen LogP contribution in [-0.4, -0.2) is 17.0 Å². The first-order chi connectivity index (χ1) is 8.58. The second kappa shape index (κ2) is 5.21. The summed E-state index contributed by atoms with van der Waals surface area (Å²) in [6.45, 7) is 2.03. The van der Waals surface area contributed by atoms with Gasteiger partial charge < -0.3 is 10.4 Å². The van der Waals surface area contributed by atoms with Crippen LogP contribution < -0.4 is 5.32 Å². The van der Waals surface area contributed by atoms with Crippen LogP contribution in [0.1, 0.15) is 31.4 Å². The van der Waals surface area contributed by atoms with Crippen molar-refractivity contribution in [1.29, 1.82) is 0 Å². The van der Waals surface area contributed by atoms with Crippen LogP contribution in [0.4, 0.5) is 0 Å². The molecule has 1 fully saturated rings. The van der Waals surface area contributed by atoms with Gasteiger partial charge in [0.1, 0.15) is 0 Å². The van der Waals surface area contributed by atoms with Gasteiger partial charge in [-0.2, -0.15) is 0 Å². The second-order valence-electron chi connectivity index (χ2n) is 4.89. The number of carboxylic acid groups (broad SMARTS) is 1. The number of amides is 1. The van der Waals surface area contributed by atoms with Crippen LogP contribution in [0.5, 0.6) is 0 Å². The lowest BCUT2D eigenvalue weighted by Gasteiger charge is -2.17. The number of hydrogen-bond donors (Lipinski definition) is 2. The van der Waals surface area contributed by atoms with Gasteiger partial charge in [-0.25, -0.2) is 0 Å². The van der Waals surface area contributed by atoms with Gasteiger partial charge in [-0.15, -0.1) is 0 Å². The van der Waals surface area contributed by atoms with E-state index < -0.39 is 12.0 Å². The molecule has 1 aliphatic carbocycles. The van der Waals surface area contributed by atoms with Crippen molar-refractivity contribution in [2.24, 2.45) is 11.8 Å². The Labute approximate surface area is 106 Å². The fraction of sp³-hybridized carbons (Fsp3) is 0.429. The normalized spacial score (nSPS) is 23.2. The molecule has 0 aromatic heterocycles. The van der Waals surface area contributed by atoms with Crippen molar-refractivity contribution in [3.8, 4) is 0 Å². The summed E-state index contributed by atoms with van der Waals surface area (Å²) in [6, 6.07) is 8.79. The van der Waals surface area contributed by atoms with Crippen LogP contribution >= 0.6 is 0 Å². The van der Waals surface area contributed by atoms with Crippen molar-refractivity contribution in [1.82, 2.24) is 5.32 Å². The van der Waals surface area contributed by atoms with Crippen molar-refractivity contribution in [3.63, 3.8) is 0 Å². The predicted molar refractivity (Wildman–Crippen MR) is 66.8 cm³/mol. The van der Waals surface area contributed by atoms with E-state index in [1.54, 1.807) is 0 Å². The Morgan fingerprint density at radius 2 is 2.00 bits per heavy atom. The largest absolute Gasteiger partial charge is 0.481 e. The van der Waals surface area contributed by atoms with Gasteiger partial charge in [0.15, 0.2) is 0 Å². The lowest BCUT2D eigenvalue weighted by Crippen LogP contribution is -2.31. The summed E-state index contributed by atoms with van der Waals surface area (Å²) in [6.07, 6.45) is 0.817. The van der Waals surface area contributed by atoms with Crippen LogP contribution in [0.25, 0.3) is 0 Å². The smallest absolute Gasteiger partial charge is 0.305 e. The minimum absolute atomic E-state index is 0.0300. The summed E-state index contributed by atoms with van der Waals surface area (Å²) in [5, 5.41) is 11.8. The summed E-state index contributed by atoms with van der Waals surface area (Å²) in [5.74, 6) is -0.457. The van der Waals surface area contributed by atoms with E-state index in [0.717, 1.165) is 12.0 Å². The zero-order valence-corrected chi connectivity index (χ0v) is 10.3. The van der Waals surface area contributed by atoms with E-state index in [-0.39, 0.29) is 18.2 Å². The van der Waals surface area contributed by atoms with Crippen LogP contribution in [0.15, 0.2) is 30.3 Å². The van der Waals surface area contributed by atoms with Crippen molar-refractivity contribution in [2.75, 3.05) is 0 Å². The van der Waals surface area contributed by atoms with Crippen LogP contribution in [0.3, 0.4) is 0 Å². The lowest BCUT2D eigenvalue weighted by atomic mass is 10.0. The molecular formula is C14H17NO3. The van der Waals surface area contributed by atoms with Crippen LogP contribution in [-0.2, 0) is 9.59 Å². The quantitative estimate of drug-likeness (QED) is 0.836. The molecule has 1 aromatic rings. The monoisotopic (exact) mass is 247 g/mol. The number of aliphatic carboxylic acids is 1. The Bertz CT molecular complexity index is 444.